The molecule has 0 unspecified atom stereocenters. The van der Waals surface area contributed by atoms with Crippen molar-refractivity contribution >= 4 is 46.5 Å². The molecule has 2 fully saturated rings. The van der Waals surface area contributed by atoms with E-state index in [0.717, 1.165) is 16.7 Å². The Kier molecular flexibility index (Phi) is 7.05. The molecule has 0 atom stereocenters. The number of carbonyl (C=O) groups is 3. The third-order valence-electron chi connectivity index (χ3n) is 4.36. The van der Waals surface area contributed by atoms with Crippen LogP contribution in [0.2, 0.25) is 5.02 Å². The maximum absolute atomic E-state index is 12.7. The second kappa shape index (κ2) is 9.51. The average Bonchev–Trinajstić information content (AvgIpc) is 2.96. The summed E-state index contributed by atoms with van der Waals surface area (Å²) in [5.41, 5.74) is 0.587. The number of imide groups is 1. The molecule has 0 N–H and O–H groups in total. The normalized spacial score (nSPS) is 18.5. The lowest BCUT2D eigenvalue weighted by atomic mass is 10.1. The highest BCUT2D eigenvalue weighted by Crippen LogP contribution is 2.38. The quantitative estimate of drug-likeness (QED) is 0.628. The first-order valence-corrected chi connectivity index (χ1v) is 10.2. The number of thioether (sulfide) groups is 1. The van der Waals surface area contributed by atoms with Crippen LogP contribution in [-0.4, -0.2) is 73.4 Å². The van der Waals surface area contributed by atoms with Crippen molar-refractivity contribution in [3.05, 3.63) is 27.6 Å². The summed E-state index contributed by atoms with van der Waals surface area (Å²) in [4.78, 5) is 40.1. The smallest absolute Gasteiger partial charge is 0.294 e. The highest BCUT2D eigenvalue weighted by atomic mass is 35.5. The number of amides is 3. The van der Waals surface area contributed by atoms with E-state index in [0.29, 0.717) is 55.0 Å². The average molecular weight is 441 g/mol. The largest absolute Gasteiger partial charge is 0.491 e. The highest BCUT2D eigenvalue weighted by Gasteiger charge is 2.37. The van der Waals surface area contributed by atoms with E-state index in [2.05, 4.69) is 0 Å². The van der Waals surface area contributed by atoms with Crippen molar-refractivity contribution in [2.75, 3.05) is 46.6 Å². The molecule has 2 aliphatic heterocycles. The third kappa shape index (κ3) is 4.85. The SMILES string of the molecule is CCOc1cc(/C=C2/SC(=O)N(CC(=O)N3CCOCC3)C2=O)cc(Cl)c1OC. The molecule has 3 amide bonds. The number of nitrogens with zero attached hydrogens (tertiary/aromatic N) is 2. The van der Waals surface area contributed by atoms with Gasteiger partial charge < -0.3 is 19.1 Å². The minimum absolute atomic E-state index is 0.216. The van der Waals surface area contributed by atoms with E-state index in [1.807, 2.05) is 6.92 Å². The number of carbonyl (C=O) groups excluding carboxylic acids is 3. The van der Waals surface area contributed by atoms with Gasteiger partial charge in [0, 0.05) is 13.1 Å². The first-order chi connectivity index (χ1) is 13.9. The van der Waals surface area contributed by atoms with E-state index >= 15 is 0 Å². The van der Waals surface area contributed by atoms with Gasteiger partial charge in [0.2, 0.25) is 5.91 Å². The Morgan fingerprint density at radius 2 is 2.03 bits per heavy atom. The Morgan fingerprint density at radius 3 is 2.69 bits per heavy atom. The monoisotopic (exact) mass is 440 g/mol. The molecule has 0 aliphatic carbocycles. The number of hydrogen-bond acceptors (Lipinski definition) is 7. The summed E-state index contributed by atoms with van der Waals surface area (Å²) >= 11 is 7.03. The zero-order valence-corrected chi connectivity index (χ0v) is 17.7. The van der Waals surface area contributed by atoms with E-state index in [4.69, 9.17) is 25.8 Å². The fourth-order valence-electron chi connectivity index (χ4n) is 2.97. The van der Waals surface area contributed by atoms with E-state index in [1.54, 1.807) is 23.1 Å². The molecule has 10 heteroatoms. The third-order valence-corrected chi connectivity index (χ3v) is 5.55. The topological polar surface area (TPSA) is 85.4 Å². The molecular weight excluding hydrogens is 420 g/mol. The molecule has 2 aliphatic rings. The van der Waals surface area contributed by atoms with Gasteiger partial charge in [0.1, 0.15) is 6.54 Å². The van der Waals surface area contributed by atoms with Gasteiger partial charge in [0.15, 0.2) is 11.5 Å². The molecule has 1 aromatic rings. The summed E-state index contributed by atoms with van der Waals surface area (Å²) in [5.74, 6) is 0.0554. The molecule has 0 spiro atoms. The Balaban J connectivity index is 1.78. The van der Waals surface area contributed by atoms with Crippen LogP contribution in [0.4, 0.5) is 4.79 Å². The predicted octanol–water partition coefficient (Wildman–Crippen LogP) is 2.64. The molecule has 0 bridgehead atoms. The van der Waals surface area contributed by atoms with Crippen molar-refractivity contribution in [2.24, 2.45) is 0 Å². The molecule has 0 saturated carbocycles. The molecule has 8 nitrogen and oxygen atoms in total. The van der Waals surface area contributed by atoms with Gasteiger partial charge in [0.25, 0.3) is 11.1 Å². The summed E-state index contributed by atoms with van der Waals surface area (Å²) < 4.78 is 16.0. The summed E-state index contributed by atoms with van der Waals surface area (Å²) in [5, 5.41) is -0.154. The minimum Gasteiger partial charge on any atom is -0.491 e. The van der Waals surface area contributed by atoms with Crippen LogP contribution in [0.15, 0.2) is 17.0 Å². The Hall–Kier alpha value is -2.23. The summed E-state index contributed by atoms with van der Waals surface area (Å²) in [6, 6.07) is 3.30. The van der Waals surface area contributed by atoms with Crippen LogP contribution in [0.5, 0.6) is 11.5 Å². The maximum atomic E-state index is 12.7. The molecular formula is C19H21ClN2O6S. The van der Waals surface area contributed by atoms with Crippen LogP contribution in [0.3, 0.4) is 0 Å². The number of halogens is 1. The van der Waals surface area contributed by atoms with E-state index < -0.39 is 11.1 Å². The number of ether oxygens (including phenoxy) is 3. The Morgan fingerprint density at radius 1 is 1.31 bits per heavy atom. The lowest BCUT2D eigenvalue weighted by molar-refractivity contribution is -0.139. The maximum Gasteiger partial charge on any atom is 0.294 e. The van der Waals surface area contributed by atoms with Crippen molar-refractivity contribution < 1.29 is 28.6 Å². The van der Waals surface area contributed by atoms with Gasteiger partial charge in [-0.15, -0.1) is 0 Å². The summed E-state index contributed by atoms with van der Waals surface area (Å²) in [7, 11) is 1.49. The molecule has 0 aromatic heterocycles. The van der Waals surface area contributed by atoms with Crippen molar-refractivity contribution in [3.8, 4) is 11.5 Å². The van der Waals surface area contributed by atoms with Crippen molar-refractivity contribution in [1.82, 2.24) is 9.80 Å². The van der Waals surface area contributed by atoms with Gasteiger partial charge in [-0.1, -0.05) is 11.6 Å². The van der Waals surface area contributed by atoms with Gasteiger partial charge in [-0.3, -0.25) is 19.3 Å². The van der Waals surface area contributed by atoms with Crippen LogP contribution in [-0.2, 0) is 14.3 Å². The van der Waals surface area contributed by atoms with Crippen molar-refractivity contribution in [2.45, 2.75) is 6.92 Å². The van der Waals surface area contributed by atoms with Crippen LogP contribution >= 0.6 is 23.4 Å². The zero-order valence-electron chi connectivity index (χ0n) is 16.1. The fourth-order valence-corrected chi connectivity index (χ4v) is 4.10. The van der Waals surface area contributed by atoms with Crippen molar-refractivity contribution in [3.63, 3.8) is 0 Å². The van der Waals surface area contributed by atoms with Crippen LogP contribution in [0, 0.1) is 0 Å². The van der Waals surface area contributed by atoms with Gasteiger partial charge in [0.05, 0.1) is 36.9 Å². The van der Waals surface area contributed by atoms with Gasteiger partial charge in [-0.25, -0.2) is 0 Å². The number of methoxy groups -OCH3 is 1. The van der Waals surface area contributed by atoms with Crippen LogP contribution in [0.25, 0.3) is 6.08 Å². The number of rotatable bonds is 6. The molecule has 29 heavy (non-hydrogen) atoms. The Bertz CT molecular complexity index is 853. The predicted molar refractivity (Wildman–Crippen MR) is 109 cm³/mol. The molecule has 0 radical (unpaired) electrons. The second-order valence-electron chi connectivity index (χ2n) is 6.23. The second-order valence-corrected chi connectivity index (χ2v) is 7.63. The van der Waals surface area contributed by atoms with E-state index in [1.165, 1.54) is 7.11 Å². The van der Waals surface area contributed by atoms with Crippen LogP contribution < -0.4 is 9.47 Å². The van der Waals surface area contributed by atoms with E-state index in [9.17, 15) is 14.4 Å². The fraction of sp³-hybridized carbons (Fsp3) is 0.421. The van der Waals surface area contributed by atoms with Crippen LogP contribution in [0.1, 0.15) is 12.5 Å². The Labute approximate surface area is 177 Å². The van der Waals surface area contributed by atoms with Gasteiger partial charge in [-0.05, 0) is 42.5 Å². The summed E-state index contributed by atoms with van der Waals surface area (Å²) in [6.07, 6.45) is 1.55. The van der Waals surface area contributed by atoms with E-state index in [-0.39, 0.29) is 17.4 Å². The standard InChI is InChI=1S/C19H21ClN2O6S/c1-3-28-14-9-12(8-13(20)17(14)26-2)10-15-18(24)22(19(25)29-15)11-16(23)21-4-6-27-7-5-21/h8-10H,3-7,11H2,1-2H3/b15-10+. The molecule has 156 valence electrons. The first kappa shape index (κ1) is 21.5. The molecule has 3 rings (SSSR count). The summed E-state index contributed by atoms with van der Waals surface area (Å²) in [6.45, 7) is 3.77. The number of morpholine rings is 1. The first-order valence-electron chi connectivity index (χ1n) is 9.05. The lowest BCUT2D eigenvalue weighted by Crippen LogP contribution is -2.46. The number of benzene rings is 1. The highest BCUT2D eigenvalue weighted by molar-refractivity contribution is 8.18. The van der Waals surface area contributed by atoms with Crippen molar-refractivity contribution in [1.29, 1.82) is 0 Å². The minimum atomic E-state index is -0.508. The van der Waals surface area contributed by atoms with Gasteiger partial charge in [-0.2, -0.15) is 0 Å². The van der Waals surface area contributed by atoms with Gasteiger partial charge >= 0.3 is 0 Å². The molecule has 2 saturated heterocycles. The molecule has 2 heterocycles. The molecule has 1 aromatic carbocycles. The lowest BCUT2D eigenvalue weighted by Gasteiger charge is -2.28. The zero-order chi connectivity index (χ0) is 21.0. The number of hydrogen-bond donors (Lipinski definition) is 0.